The molecule has 3 unspecified atom stereocenters. The number of carbonyl (C=O) groups is 3. The number of aliphatic hydroxyl groups excluding tert-OH is 3. The van der Waals surface area contributed by atoms with Crippen LogP contribution in [0, 0.1) is 5.41 Å². The smallest absolute Gasteiger partial charge is 0.386 e. The number of phosphoric ester groups is 3. The molecule has 2 aromatic heterocycles. The van der Waals surface area contributed by atoms with Gasteiger partial charge in [-0.3, -0.25) is 32.5 Å². The van der Waals surface area contributed by atoms with E-state index in [0.29, 0.717) is 31.4 Å². The summed E-state index contributed by atoms with van der Waals surface area (Å²) in [4.78, 5) is 87.4. The van der Waals surface area contributed by atoms with Crippen LogP contribution < -0.4 is 22.1 Å². The molecule has 26 nitrogen and oxygen atoms in total. The highest BCUT2D eigenvalue weighted by atomic mass is 32.2. The van der Waals surface area contributed by atoms with Crippen molar-refractivity contribution in [2.45, 2.75) is 82.8 Å². The Morgan fingerprint density at radius 2 is 1.70 bits per heavy atom. The largest absolute Gasteiger partial charge is 0.481 e. The van der Waals surface area contributed by atoms with Crippen molar-refractivity contribution < 1.29 is 85.6 Å². The Balaban J connectivity index is 1.45. The van der Waals surface area contributed by atoms with Gasteiger partial charge in [-0.15, -0.1) is 0 Å². The lowest BCUT2D eigenvalue weighted by atomic mass is 9.87. The molecule has 0 aromatic carbocycles. The molecule has 13 N–H and O–H groups in total. The number of anilines is 1. The molecule has 30 heteroatoms. The number of unbranched alkanes of at least 4 members (excludes halogenated alkanes) is 1. The lowest BCUT2D eigenvalue weighted by molar-refractivity contribution is -0.137. The van der Waals surface area contributed by atoms with Gasteiger partial charge in [-0.1, -0.05) is 25.6 Å². The second kappa shape index (κ2) is 21.1. The number of thioether (sulfide) groups is 1. The number of aromatic nitrogens is 4. The lowest BCUT2D eigenvalue weighted by Gasteiger charge is -2.30. The summed E-state index contributed by atoms with van der Waals surface area (Å²) >= 11 is 1.04. The van der Waals surface area contributed by atoms with Gasteiger partial charge in [0.25, 0.3) is 0 Å². The van der Waals surface area contributed by atoms with Crippen LogP contribution in [0.2, 0.25) is 0 Å². The monoisotopic (exact) mass is 896 g/mol. The van der Waals surface area contributed by atoms with Gasteiger partial charge in [0.1, 0.15) is 42.5 Å². The summed E-state index contributed by atoms with van der Waals surface area (Å²) in [6, 6.07) is 0. The molecule has 1 aliphatic heterocycles. The van der Waals surface area contributed by atoms with Crippen LogP contribution in [0.4, 0.5) is 5.82 Å². The minimum absolute atomic E-state index is 0.0255. The average Bonchev–Trinajstić information content (AvgIpc) is 3.66. The number of nitrogens with two attached hydrogens (primary N) is 2. The van der Waals surface area contributed by atoms with E-state index in [1.54, 1.807) is 0 Å². The summed E-state index contributed by atoms with van der Waals surface area (Å²) in [6.07, 6.45) is -6.04. The van der Waals surface area contributed by atoms with E-state index in [0.717, 1.165) is 29.0 Å². The Hall–Kier alpha value is -2.52. The van der Waals surface area contributed by atoms with E-state index in [1.165, 1.54) is 13.8 Å². The topological polar surface area (TPSA) is 410 Å². The van der Waals surface area contributed by atoms with E-state index in [1.807, 2.05) is 0 Å². The Morgan fingerprint density at radius 3 is 2.37 bits per heavy atom. The number of carbonyl (C=O) groups excluding carboxylic acids is 3. The number of aliphatic hydroxyl groups is 3. The third-order valence-corrected chi connectivity index (χ3v) is 11.9. The van der Waals surface area contributed by atoms with E-state index >= 15 is 0 Å². The third kappa shape index (κ3) is 15.9. The Labute approximate surface area is 328 Å². The summed E-state index contributed by atoms with van der Waals surface area (Å²) in [6.45, 7) is 0.403. The molecule has 8 atom stereocenters. The van der Waals surface area contributed by atoms with Crippen LogP contribution in [-0.4, -0.2) is 134 Å². The summed E-state index contributed by atoms with van der Waals surface area (Å²) in [7, 11) is -16.4. The van der Waals surface area contributed by atoms with Crippen LogP contribution in [0.25, 0.3) is 11.2 Å². The van der Waals surface area contributed by atoms with Gasteiger partial charge in [0, 0.05) is 37.1 Å². The van der Waals surface area contributed by atoms with Gasteiger partial charge >= 0.3 is 23.5 Å². The van der Waals surface area contributed by atoms with Crippen molar-refractivity contribution in [1.29, 1.82) is 0 Å². The fourth-order valence-electron chi connectivity index (χ4n) is 4.99. The van der Waals surface area contributed by atoms with Crippen molar-refractivity contribution in [2.75, 3.05) is 37.8 Å². The summed E-state index contributed by atoms with van der Waals surface area (Å²) in [5, 5.41) is 35.3. The van der Waals surface area contributed by atoms with Crippen molar-refractivity contribution in [3.05, 3.63) is 12.7 Å². The van der Waals surface area contributed by atoms with Crippen LogP contribution in [0.1, 0.15) is 52.2 Å². The Morgan fingerprint density at radius 1 is 1.02 bits per heavy atom. The second-order valence-electron chi connectivity index (χ2n) is 13.1. The van der Waals surface area contributed by atoms with Crippen molar-refractivity contribution in [1.82, 2.24) is 30.2 Å². The minimum atomic E-state index is -5.58. The van der Waals surface area contributed by atoms with Crippen LogP contribution >= 0.6 is 35.2 Å². The summed E-state index contributed by atoms with van der Waals surface area (Å²) in [5.41, 5.74) is 9.48. The quantitative estimate of drug-likeness (QED) is 0.0324. The Bertz CT molecular complexity index is 1830. The Kier molecular flexibility index (Phi) is 18.1. The number of hydrogen-bond donors (Lipinski definition) is 11. The fraction of sp³-hybridized carbons (Fsp3) is 0.704. The molecule has 0 aliphatic carbocycles. The summed E-state index contributed by atoms with van der Waals surface area (Å²) < 4.78 is 62.0. The molecular formula is C27H47N8O18P3S. The first-order valence-electron chi connectivity index (χ1n) is 16.9. The maximum Gasteiger partial charge on any atom is 0.481 e. The standard InChI is InChI=1S/C27H47N8O18P3S/c1-27(2,22(40)25(41)31-8-7-17(37)30-9-10-57-18(38)6-4-3-5-16(28)36)12-50-56(47,48)53-55(45,46)49-11-15-21(52-54(42,43)44)20(39)26(51-15)35-14-34-19-23(29)32-13-33-24(19)35/h13-16,20-22,26,36,39-40H,3-12,28H2,1-2H3,(H,30,37)(H,31,41)(H,45,46)(H,47,48)(H2,29,32,33)(H2,42,43,44)/t15-,16?,20-,21-,22+,26-/m1/s1. The van der Waals surface area contributed by atoms with Crippen molar-refractivity contribution in [2.24, 2.45) is 11.1 Å². The zero-order valence-corrected chi connectivity index (χ0v) is 34.0. The zero-order chi connectivity index (χ0) is 42.8. The molecule has 0 saturated carbocycles. The summed E-state index contributed by atoms with van der Waals surface area (Å²) in [5.74, 6) is -1.19. The van der Waals surface area contributed by atoms with Crippen LogP contribution in [-0.2, 0) is 50.7 Å². The molecule has 1 saturated heterocycles. The number of hydrogen-bond acceptors (Lipinski definition) is 20. The van der Waals surface area contributed by atoms with Gasteiger partial charge in [0.05, 0.1) is 19.5 Å². The molecule has 3 heterocycles. The van der Waals surface area contributed by atoms with E-state index in [-0.39, 0.29) is 41.6 Å². The highest BCUT2D eigenvalue weighted by Gasteiger charge is 2.50. The van der Waals surface area contributed by atoms with E-state index in [9.17, 15) is 57.9 Å². The van der Waals surface area contributed by atoms with E-state index in [2.05, 4.69) is 34.4 Å². The molecule has 0 bridgehead atoms. The molecule has 2 aromatic rings. The van der Waals surface area contributed by atoms with Gasteiger partial charge in [-0.05, 0) is 19.3 Å². The first-order valence-corrected chi connectivity index (χ1v) is 22.4. The molecule has 0 radical (unpaired) electrons. The highest BCUT2D eigenvalue weighted by Crippen LogP contribution is 2.61. The minimum Gasteiger partial charge on any atom is -0.386 e. The van der Waals surface area contributed by atoms with E-state index < -0.39 is 90.8 Å². The zero-order valence-electron chi connectivity index (χ0n) is 30.5. The molecule has 57 heavy (non-hydrogen) atoms. The van der Waals surface area contributed by atoms with Crippen LogP contribution in [0.3, 0.4) is 0 Å². The average molecular weight is 897 g/mol. The number of ether oxygens (including phenoxy) is 1. The number of nitrogens with one attached hydrogen (secondary N) is 2. The van der Waals surface area contributed by atoms with Gasteiger partial charge in [0.15, 0.2) is 22.8 Å². The van der Waals surface area contributed by atoms with E-state index in [4.69, 9.17) is 30.4 Å². The predicted molar refractivity (Wildman–Crippen MR) is 196 cm³/mol. The number of nitrogens with zero attached hydrogens (tertiary/aromatic N) is 4. The fourth-order valence-corrected chi connectivity index (χ4v) is 8.54. The molecule has 1 fully saturated rings. The van der Waals surface area contributed by atoms with Crippen LogP contribution in [0.15, 0.2) is 12.7 Å². The molecule has 0 spiro atoms. The SMILES string of the molecule is CC(C)(COP(=O)(O)OP(=O)(O)OC[C@H]1O[C@@H](n2cnc3c(N)ncnc32)[C@H](O)[C@@H]1OP(=O)(O)O)[C@@H](O)C(=O)NCCC(=O)NCCSC(=O)CCCCC(N)O. The highest BCUT2D eigenvalue weighted by molar-refractivity contribution is 8.13. The first-order chi connectivity index (χ1) is 26.4. The molecule has 3 rings (SSSR count). The van der Waals surface area contributed by atoms with Crippen molar-refractivity contribution in [3.63, 3.8) is 0 Å². The van der Waals surface area contributed by atoms with Crippen LogP contribution in [0.5, 0.6) is 0 Å². The molecule has 2 amide bonds. The van der Waals surface area contributed by atoms with Gasteiger partial charge in [-0.2, -0.15) is 4.31 Å². The normalized spacial score (nSPS) is 22.1. The molecule has 1 aliphatic rings. The molecule has 324 valence electrons. The first kappa shape index (κ1) is 48.8. The maximum absolute atomic E-state index is 12.7. The molecular weight excluding hydrogens is 849 g/mol. The number of imidazole rings is 1. The van der Waals surface area contributed by atoms with Gasteiger partial charge in [0.2, 0.25) is 11.8 Å². The predicted octanol–water partition coefficient (Wildman–Crippen LogP) is -1.50. The number of phosphoric acid groups is 3. The van der Waals surface area contributed by atoms with Gasteiger partial charge < -0.3 is 61.7 Å². The second-order valence-corrected chi connectivity index (χ2v) is 18.5. The number of fused-ring (bicyclic) bond motifs is 1. The van der Waals surface area contributed by atoms with Crippen molar-refractivity contribution in [3.8, 4) is 0 Å². The van der Waals surface area contributed by atoms with Crippen molar-refractivity contribution >= 4 is 69.1 Å². The number of amides is 2. The number of rotatable bonds is 24. The van der Waals surface area contributed by atoms with Gasteiger partial charge in [-0.25, -0.2) is 28.6 Å². The third-order valence-electron chi connectivity index (χ3n) is 7.90. The number of nitrogen functional groups attached to an aromatic ring is 1. The lowest BCUT2D eigenvalue weighted by Crippen LogP contribution is -2.46. The maximum atomic E-state index is 12.7.